The van der Waals surface area contributed by atoms with E-state index in [2.05, 4.69) is 18.2 Å². The van der Waals surface area contributed by atoms with E-state index in [1.54, 1.807) is 30.3 Å². The van der Waals surface area contributed by atoms with Gasteiger partial charge in [-0.1, -0.05) is 54.6 Å². The first-order valence-electron chi connectivity index (χ1n) is 11.7. The molecule has 0 radical (unpaired) electrons. The maximum atomic E-state index is 15.0. The second-order valence-corrected chi connectivity index (χ2v) is 8.73. The number of hydrogen-bond donors (Lipinski definition) is 0. The van der Waals surface area contributed by atoms with Crippen molar-refractivity contribution in [1.29, 1.82) is 0 Å². The Morgan fingerprint density at radius 1 is 0.882 bits per heavy atom. The van der Waals surface area contributed by atoms with Gasteiger partial charge in [-0.2, -0.15) is 4.39 Å². The molecule has 1 unspecified atom stereocenters. The first kappa shape index (κ1) is 23.9. The van der Waals surface area contributed by atoms with Crippen LogP contribution >= 0.6 is 0 Å². The minimum atomic E-state index is -1.01. The third-order valence-electron chi connectivity index (χ3n) is 6.61. The molecule has 0 aromatic heterocycles. The van der Waals surface area contributed by atoms with Crippen LogP contribution in [0.5, 0.6) is 5.75 Å². The summed E-state index contributed by atoms with van der Waals surface area (Å²) >= 11 is 0. The number of ether oxygens (including phenoxy) is 1. The summed E-state index contributed by atoms with van der Waals surface area (Å²) in [4.78, 5) is 0. The number of halogens is 3. The van der Waals surface area contributed by atoms with E-state index < -0.39 is 11.6 Å². The highest BCUT2D eigenvalue weighted by molar-refractivity contribution is 5.74. The normalized spacial score (nSPS) is 16.0. The molecule has 1 aliphatic rings. The molecule has 3 aromatic carbocycles. The lowest BCUT2D eigenvalue weighted by Crippen LogP contribution is -2.06. The SMILES string of the molecule is C/C=C/CCC1CC=C(c2ccc(-c3ccc(-c4ccc(OC)c(F)c4F)cc3)cc2F)CC1. The predicted molar refractivity (Wildman–Crippen MR) is 133 cm³/mol. The highest BCUT2D eigenvalue weighted by Crippen LogP contribution is 2.35. The van der Waals surface area contributed by atoms with Crippen LogP contribution in [0.25, 0.3) is 27.8 Å². The standard InChI is InChI=1S/C30H29F3O/c1-3-4-5-6-20-7-9-22(10-8-20)25-16-15-24(19-27(25)31)21-11-13-23(14-12-21)26-17-18-28(34-2)30(33)29(26)32/h3-4,9,11-20H,5-8,10H2,1-2H3/b4-3+. The lowest BCUT2D eigenvalue weighted by Gasteiger charge is -2.22. The molecule has 0 saturated carbocycles. The van der Waals surface area contributed by atoms with E-state index in [1.165, 1.54) is 25.7 Å². The highest BCUT2D eigenvalue weighted by atomic mass is 19.2. The first-order valence-corrected chi connectivity index (χ1v) is 11.7. The van der Waals surface area contributed by atoms with Gasteiger partial charge < -0.3 is 4.74 Å². The molecular weight excluding hydrogens is 433 g/mol. The van der Waals surface area contributed by atoms with Crippen molar-refractivity contribution < 1.29 is 17.9 Å². The Balaban J connectivity index is 1.50. The Hall–Kier alpha value is -3.27. The summed E-state index contributed by atoms with van der Waals surface area (Å²) in [5.41, 5.74) is 4.00. The van der Waals surface area contributed by atoms with Crippen LogP contribution in [-0.4, -0.2) is 7.11 Å². The van der Waals surface area contributed by atoms with E-state index >= 15 is 4.39 Å². The predicted octanol–water partition coefficient (Wildman–Crippen LogP) is 8.99. The summed E-state index contributed by atoms with van der Waals surface area (Å²) in [5.74, 6) is -1.66. The van der Waals surface area contributed by atoms with E-state index in [0.717, 1.165) is 42.4 Å². The van der Waals surface area contributed by atoms with Crippen LogP contribution in [0.1, 0.15) is 44.6 Å². The molecule has 0 fully saturated rings. The first-order chi connectivity index (χ1) is 16.5. The third-order valence-corrected chi connectivity index (χ3v) is 6.61. The van der Waals surface area contributed by atoms with Crippen molar-refractivity contribution in [3.63, 3.8) is 0 Å². The molecule has 0 heterocycles. The summed E-state index contributed by atoms with van der Waals surface area (Å²) in [6.07, 6.45) is 11.8. The van der Waals surface area contributed by atoms with Crippen LogP contribution in [0, 0.1) is 23.4 Å². The molecule has 3 aromatic rings. The molecule has 0 bridgehead atoms. The van der Waals surface area contributed by atoms with E-state index in [0.29, 0.717) is 17.0 Å². The van der Waals surface area contributed by atoms with Gasteiger partial charge in [0, 0.05) is 11.1 Å². The molecule has 0 N–H and O–H groups in total. The topological polar surface area (TPSA) is 9.23 Å². The maximum Gasteiger partial charge on any atom is 0.201 e. The molecule has 0 amide bonds. The fourth-order valence-corrected chi connectivity index (χ4v) is 4.60. The van der Waals surface area contributed by atoms with Crippen molar-refractivity contribution in [2.45, 2.75) is 39.0 Å². The minimum absolute atomic E-state index is 0.134. The molecule has 1 nitrogen and oxygen atoms in total. The second kappa shape index (κ2) is 10.8. The third kappa shape index (κ3) is 5.11. The average molecular weight is 463 g/mol. The van der Waals surface area contributed by atoms with Gasteiger partial charge in [0.25, 0.3) is 0 Å². The molecule has 176 valence electrons. The summed E-state index contributed by atoms with van der Waals surface area (Å²) in [7, 11) is 1.30. The number of rotatable bonds is 7. The Labute approximate surface area is 199 Å². The zero-order valence-electron chi connectivity index (χ0n) is 19.6. The molecule has 0 spiro atoms. The summed E-state index contributed by atoms with van der Waals surface area (Å²) in [6, 6.07) is 15.2. The number of hydrogen-bond acceptors (Lipinski definition) is 1. The maximum absolute atomic E-state index is 15.0. The van der Waals surface area contributed by atoms with Crippen molar-refractivity contribution in [2.75, 3.05) is 7.11 Å². The quantitative estimate of drug-likeness (QED) is 0.318. The zero-order chi connectivity index (χ0) is 24.1. The van der Waals surface area contributed by atoms with Crippen molar-refractivity contribution >= 4 is 5.57 Å². The van der Waals surface area contributed by atoms with Gasteiger partial charge in [0.05, 0.1) is 7.11 Å². The Bertz CT molecular complexity index is 1210. The van der Waals surface area contributed by atoms with Gasteiger partial charge in [-0.05, 0) is 85.4 Å². The monoisotopic (exact) mass is 462 g/mol. The smallest absolute Gasteiger partial charge is 0.201 e. The average Bonchev–Trinajstić information content (AvgIpc) is 2.86. The largest absolute Gasteiger partial charge is 0.494 e. The summed E-state index contributed by atoms with van der Waals surface area (Å²) in [5, 5.41) is 0. The van der Waals surface area contributed by atoms with Gasteiger partial charge in [-0.15, -0.1) is 0 Å². The van der Waals surface area contributed by atoms with E-state index in [9.17, 15) is 8.78 Å². The van der Waals surface area contributed by atoms with Crippen molar-refractivity contribution in [3.05, 3.63) is 95.8 Å². The van der Waals surface area contributed by atoms with Crippen molar-refractivity contribution in [1.82, 2.24) is 0 Å². The van der Waals surface area contributed by atoms with Crippen LogP contribution in [-0.2, 0) is 0 Å². The fraction of sp³-hybridized carbons (Fsp3) is 0.267. The number of benzene rings is 3. The fourth-order valence-electron chi connectivity index (χ4n) is 4.60. The molecule has 1 aliphatic carbocycles. The Morgan fingerprint density at radius 3 is 2.24 bits per heavy atom. The second-order valence-electron chi connectivity index (χ2n) is 8.73. The molecule has 34 heavy (non-hydrogen) atoms. The molecule has 0 aliphatic heterocycles. The Morgan fingerprint density at radius 2 is 1.59 bits per heavy atom. The lowest BCUT2D eigenvalue weighted by molar-refractivity contribution is 0.372. The lowest BCUT2D eigenvalue weighted by atomic mass is 9.84. The molecule has 0 saturated heterocycles. The molecular formula is C30H29F3O. The van der Waals surface area contributed by atoms with Crippen LogP contribution in [0.2, 0.25) is 0 Å². The van der Waals surface area contributed by atoms with Crippen molar-refractivity contribution in [2.24, 2.45) is 5.92 Å². The summed E-state index contributed by atoms with van der Waals surface area (Å²) < 4.78 is 48.3. The molecule has 4 rings (SSSR count). The van der Waals surface area contributed by atoms with Gasteiger partial charge >= 0.3 is 0 Å². The van der Waals surface area contributed by atoms with Crippen LogP contribution in [0.4, 0.5) is 13.2 Å². The van der Waals surface area contributed by atoms with Gasteiger partial charge in [0.15, 0.2) is 11.6 Å². The number of allylic oxidation sites excluding steroid dienone is 4. The van der Waals surface area contributed by atoms with Gasteiger partial charge in [-0.25, -0.2) is 8.78 Å². The zero-order valence-corrected chi connectivity index (χ0v) is 19.6. The van der Waals surface area contributed by atoms with Crippen LogP contribution < -0.4 is 4.74 Å². The van der Waals surface area contributed by atoms with E-state index in [1.807, 2.05) is 19.1 Å². The van der Waals surface area contributed by atoms with Crippen LogP contribution in [0.15, 0.2) is 72.8 Å². The van der Waals surface area contributed by atoms with E-state index in [-0.39, 0.29) is 17.1 Å². The Kier molecular flexibility index (Phi) is 7.56. The van der Waals surface area contributed by atoms with Gasteiger partial charge in [-0.3, -0.25) is 0 Å². The highest BCUT2D eigenvalue weighted by Gasteiger charge is 2.18. The van der Waals surface area contributed by atoms with E-state index in [4.69, 9.17) is 4.74 Å². The molecule has 1 atom stereocenters. The van der Waals surface area contributed by atoms with Gasteiger partial charge in [0.2, 0.25) is 5.82 Å². The summed E-state index contributed by atoms with van der Waals surface area (Å²) in [6.45, 7) is 2.04. The van der Waals surface area contributed by atoms with Crippen LogP contribution in [0.3, 0.4) is 0 Å². The van der Waals surface area contributed by atoms with Crippen molar-refractivity contribution in [3.8, 4) is 28.0 Å². The number of methoxy groups -OCH3 is 1. The molecule has 4 heteroatoms. The van der Waals surface area contributed by atoms with Gasteiger partial charge in [0.1, 0.15) is 5.82 Å². The minimum Gasteiger partial charge on any atom is -0.494 e.